The van der Waals surface area contributed by atoms with Crippen molar-refractivity contribution in [3.63, 3.8) is 0 Å². The van der Waals surface area contributed by atoms with Crippen LogP contribution in [-0.4, -0.2) is 46.5 Å². The number of amides is 1. The number of pyridine rings is 1. The van der Waals surface area contributed by atoms with Crippen molar-refractivity contribution in [1.82, 2.24) is 19.9 Å². The Kier molecular flexibility index (Phi) is 4.99. The molecule has 0 radical (unpaired) electrons. The van der Waals surface area contributed by atoms with Gasteiger partial charge in [0.1, 0.15) is 11.4 Å². The van der Waals surface area contributed by atoms with E-state index in [1.807, 2.05) is 30.3 Å². The zero-order chi connectivity index (χ0) is 20.4. The zero-order valence-electron chi connectivity index (χ0n) is 16.1. The molecule has 1 aromatic carbocycles. The fourth-order valence-corrected chi connectivity index (χ4v) is 3.37. The molecular weight excluding hydrogens is 372 g/mol. The first-order chi connectivity index (χ1) is 14.1. The number of aromatic amines is 1. The van der Waals surface area contributed by atoms with E-state index in [1.54, 1.807) is 17.0 Å². The summed E-state index contributed by atoms with van der Waals surface area (Å²) in [7, 11) is 2.95. The average molecular weight is 392 g/mol. The fourth-order valence-electron chi connectivity index (χ4n) is 3.37. The van der Waals surface area contributed by atoms with Gasteiger partial charge in [-0.2, -0.15) is 4.98 Å². The van der Waals surface area contributed by atoms with Crippen molar-refractivity contribution in [3.05, 3.63) is 69.6 Å². The number of hydrogen-bond acceptors (Lipinski definition) is 6. The van der Waals surface area contributed by atoms with Crippen LogP contribution in [-0.2, 0) is 13.0 Å². The molecular formula is C21H20N4O4. The summed E-state index contributed by atoms with van der Waals surface area (Å²) < 4.78 is 10.3. The van der Waals surface area contributed by atoms with Crippen LogP contribution in [0.25, 0.3) is 11.4 Å². The van der Waals surface area contributed by atoms with Crippen LogP contribution in [0.2, 0.25) is 0 Å². The maximum Gasteiger partial charge on any atom is 0.259 e. The molecule has 1 aliphatic rings. The SMILES string of the molecule is COc1ccc(C(=O)N2CCc3c(nc(-c4ccccc4)[nH]c3=O)C2)c(OC)n1. The molecule has 3 aromatic rings. The minimum Gasteiger partial charge on any atom is -0.481 e. The molecule has 1 amide bonds. The number of methoxy groups -OCH3 is 2. The van der Waals surface area contributed by atoms with Gasteiger partial charge in [-0.15, -0.1) is 0 Å². The summed E-state index contributed by atoms with van der Waals surface area (Å²) in [5, 5.41) is 0. The molecule has 0 saturated heterocycles. The maximum absolute atomic E-state index is 13.1. The Labute approximate surface area is 167 Å². The van der Waals surface area contributed by atoms with Gasteiger partial charge in [0.2, 0.25) is 11.8 Å². The molecule has 0 atom stereocenters. The summed E-state index contributed by atoms with van der Waals surface area (Å²) >= 11 is 0. The van der Waals surface area contributed by atoms with E-state index >= 15 is 0 Å². The lowest BCUT2D eigenvalue weighted by molar-refractivity contribution is 0.0727. The molecule has 0 fully saturated rings. The number of nitrogens with zero attached hydrogens (tertiary/aromatic N) is 3. The van der Waals surface area contributed by atoms with Crippen LogP contribution in [0.15, 0.2) is 47.3 Å². The highest BCUT2D eigenvalue weighted by molar-refractivity contribution is 5.96. The Balaban J connectivity index is 1.65. The molecule has 0 saturated carbocycles. The highest BCUT2D eigenvalue weighted by atomic mass is 16.5. The lowest BCUT2D eigenvalue weighted by Gasteiger charge is -2.28. The van der Waals surface area contributed by atoms with E-state index in [0.717, 1.165) is 5.56 Å². The third-order valence-electron chi connectivity index (χ3n) is 4.88. The summed E-state index contributed by atoms with van der Waals surface area (Å²) in [5.74, 6) is 0.824. The summed E-state index contributed by atoms with van der Waals surface area (Å²) in [6.07, 6.45) is 0.435. The Morgan fingerprint density at radius 2 is 1.86 bits per heavy atom. The van der Waals surface area contributed by atoms with Crippen molar-refractivity contribution in [2.24, 2.45) is 0 Å². The molecule has 1 N–H and O–H groups in total. The number of ether oxygens (including phenoxy) is 2. The van der Waals surface area contributed by atoms with Crippen molar-refractivity contribution in [2.45, 2.75) is 13.0 Å². The minimum absolute atomic E-state index is 0.162. The normalized spacial score (nSPS) is 13.0. The molecule has 148 valence electrons. The first-order valence-corrected chi connectivity index (χ1v) is 9.16. The van der Waals surface area contributed by atoms with Gasteiger partial charge in [0, 0.05) is 23.7 Å². The van der Waals surface area contributed by atoms with Gasteiger partial charge < -0.3 is 19.4 Å². The van der Waals surface area contributed by atoms with Gasteiger partial charge >= 0.3 is 0 Å². The Bertz CT molecular complexity index is 1110. The van der Waals surface area contributed by atoms with Crippen molar-refractivity contribution in [2.75, 3.05) is 20.8 Å². The quantitative estimate of drug-likeness (QED) is 0.730. The molecule has 0 unspecified atom stereocenters. The lowest BCUT2D eigenvalue weighted by Crippen LogP contribution is -2.39. The summed E-state index contributed by atoms with van der Waals surface area (Å²) in [6.45, 7) is 0.656. The zero-order valence-corrected chi connectivity index (χ0v) is 16.1. The third kappa shape index (κ3) is 3.56. The van der Waals surface area contributed by atoms with Gasteiger partial charge in [0.05, 0.1) is 26.5 Å². The molecule has 0 bridgehead atoms. The smallest absolute Gasteiger partial charge is 0.259 e. The van der Waals surface area contributed by atoms with Crippen molar-refractivity contribution in [3.8, 4) is 23.1 Å². The van der Waals surface area contributed by atoms with Crippen LogP contribution in [0.3, 0.4) is 0 Å². The number of benzene rings is 1. The van der Waals surface area contributed by atoms with Crippen LogP contribution >= 0.6 is 0 Å². The van der Waals surface area contributed by atoms with Gasteiger partial charge in [-0.1, -0.05) is 30.3 Å². The first-order valence-electron chi connectivity index (χ1n) is 9.16. The Morgan fingerprint density at radius 3 is 2.59 bits per heavy atom. The van der Waals surface area contributed by atoms with Crippen LogP contribution in [0, 0.1) is 0 Å². The average Bonchev–Trinajstić information content (AvgIpc) is 2.78. The van der Waals surface area contributed by atoms with Crippen LogP contribution in [0.5, 0.6) is 11.8 Å². The van der Waals surface area contributed by atoms with Gasteiger partial charge in [-0.25, -0.2) is 4.98 Å². The number of carbonyl (C=O) groups excluding carboxylic acids is 1. The number of nitrogens with one attached hydrogen (secondary N) is 1. The Hall–Kier alpha value is -3.68. The standard InChI is InChI=1S/C21H20N4O4/c1-28-17-9-8-15(20(23-17)29-2)21(27)25-11-10-14-16(12-25)22-18(24-19(14)26)13-6-4-3-5-7-13/h3-9H,10-12H2,1-2H3,(H,22,24,26). The molecule has 29 heavy (non-hydrogen) atoms. The molecule has 0 spiro atoms. The number of H-pyrrole nitrogens is 1. The van der Waals surface area contributed by atoms with Crippen molar-refractivity contribution in [1.29, 1.82) is 0 Å². The monoisotopic (exact) mass is 392 g/mol. The fraction of sp³-hybridized carbons (Fsp3) is 0.238. The molecule has 2 aromatic heterocycles. The van der Waals surface area contributed by atoms with Gasteiger partial charge in [-0.05, 0) is 12.5 Å². The maximum atomic E-state index is 13.1. The van der Waals surface area contributed by atoms with E-state index in [0.29, 0.717) is 41.5 Å². The second-order valence-electron chi connectivity index (χ2n) is 6.59. The molecule has 8 heteroatoms. The predicted molar refractivity (Wildman–Crippen MR) is 106 cm³/mol. The number of fused-ring (bicyclic) bond motifs is 1. The lowest BCUT2D eigenvalue weighted by atomic mass is 10.0. The summed E-state index contributed by atoms with van der Waals surface area (Å²) in [5.41, 5.74) is 2.22. The van der Waals surface area contributed by atoms with Crippen molar-refractivity contribution >= 4 is 5.91 Å². The predicted octanol–water partition coefficient (Wildman–Crippen LogP) is 2.05. The van der Waals surface area contributed by atoms with E-state index in [2.05, 4.69) is 15.0 Å². The first kappa shape index (κ1) is 18.7. The van der Waals surface area contributed by atoms with Crippen LogP contribution in [0.4, 0.5) is 0 Å². The van der Waals surface area contributed by atoms with Crippen LogP contribution in [0.1, 0.15) is 21.6 Å². The number of hydrogen-bond donors (Lipinski definition) is 1. The second-order valence-corrected chi connectivity index (χ2v) is 6.59. The summed E-state index contributed by atoms with van der Waals surface area (Å²) in [6, 6.07) is 12.7. The van der Waals surface area contributed by atoms with Gasteiger partial charge in [0.25, 0.3) is 11.5 Å². The van der Waals surface area contributed by atoms with E-state index in [4.69, 9.17) is 9.47 Å². The second kappa shape index (κ2) is 7.75. The number of carbonyl (C=O) groups is 1. The largest absolute Gasteiger partial charge is 0.481 e. The number of aromatic nitrogens is 3. The molecule has 8 nitrogen and oxygen atoms in total. The molecule has 0 aliphatic carbocycles. The van der Waals surface area contributed by atoms with Gasteiger partial charge in [0.15, 0.2) is 0 Å². The van der Waals surface area contributed by atoms with E-state index in [-0.39, 0.29) is 23.9 Å². The topological polar surface area (TPSA) is 97.4 Å². The third-order valence-corrected chi connectivity index (χ3v) is 4.88. The molecule has 3 heterocycles. The van der Waals surface area contributed by atoms with Gasteiger partial charge in [-0.3, -0.25) is 9.59 Å². The molecule has 1 aliphatic heterocycles. The minimum atomic E-state index is -0.231. The van der Waals surface area contributed by atoms with Crippen LogP contribution < -0.4 is 15.0 Å². The highest BCUT2D eigenvalue weighted by Gasteiger charge is 2.27. The Morgan fingerprint density at radius 1 is 1.07 bits per heavy atom. The highest BCUT2D eigenvalue weighted by Crippen LogP contribution is 2.24. The van der Waals surface area contributed by atoms with E-state index in [9.17, 15) is 9.59 Å². The van der Waals surface area contributed by atoms with E-state index < -0.39 is 0 Å². The molecule has 4 rings (SSSR count). The van der Waals surface area contributed by atoms with E-state index in [1.165, 1.54) is 14.2 Å². The summed E-state index contributed by atoms with van der Waals surface area (Å²) in [4.78, 5) is 38.9. The number of rotatable bonds is 4. The van der Waals surface area contributed by atoms with Crippen molar-refractivity contribution < 1.29 is 14.3 Å².